The lowest BCUT2D eigenvalue weighted by Crippen LogP contribution is -2.07. The molecule has 1 aromatic rings. The van der Waals surface area contributed by atoms with Gasteiger partial charge in [0.1, 0.15) is 5.75 Å². The molecule has 0 unspecified atom stereocenters. The summed E-state index contributed by atoms with van der Waals surface area (Å²) in [6, 6.07) is 5.03. The van der Waals surface area contributed by atoms with Gasteiger partial charge in [-0.2, -0.15) is 0 Å². The molecule has 0 fully saturated rings. The van der Waals surface area contributed by atoms with Crippen molar-refractivity contribution >= 4 is 11.7 Å². The van der Waals surface area contributed by atoms with E-state index in [1.54, 1.807) is 18.2 Å². The van der Waals surface area contributed by atoms with Gasteiger partial charge in [-0.15, -0.1) is 0 Å². The fourth-order valence-corrected chi connectivity index (χ4v) is 1.80. The zero-order chi connectivity index (χ0) is 14.8. The monoisotopic (exact) mass is 279 g/mol. The number of nitrogen functional groups attached to an aromatic ring is 1. The van der Waals surface area contributed by atoms with E-state index in [1.165, 1.54) is 12.8 Å². The van der Waals surface area contributed by atoms with Gasteiger partial charge in [0.05, 0.1) is 24.5 Å². The van der Waals surface area contributed by atoms with Crippen LogP contribution >= 0.6 is 0 Å². The first-order chi connectivity index (χ1) is 9.69. The number of ether oxygens (including phenoxy) is 2. The quantitative estimate of drug-likeness (QED) is 0.424. The van der Waals surface area contributed by atoms with Gasteiger partial charge in [-0.05, 0) is 31.0 Å². The summed E-state index contributed by atoms with van der Waals surface area (Å²) in [6.45, 7) is 5.21. The molecule has 0 radical (unpaired) electrons. The molecule has 112 valence electrons. The standard InChI is InChI=1S/C16H25NO3/c1-3-5-6-7-11-19-15-9-8-13(12-14(15)17)16(18)20-10-4-2/h8-9,12H,3-7,10-11,17H2,1-2H3. The summed E-state index contributed by atoms with van der Waals surface area (Å²) >= 11 is 0. The number of carbonyl (C=O) groups is 1. The summed E-state index contributed by atoms with van der Waals surface area (Å²) in [5.41, 5.74) is 6.84. The van der Waals surface area contributed by atoms with Crippen molar-refractivity contribution in [1.82, 2.24) is 0 Å². The Morgan fingerprint density at radius 3 is 2.55 bits per heavy atom. The Hall–Kier alpha value is -1.71. The Bertz CT molecular complexity index is 418. The Labute approximate surface area is 121 Å². The lowest BCUT2D eigenvalue weighted by atomic mass is 10.2. The van der Waals surface area contributed by atoms with E-state index in [-0.39, 0.29) is 5.97 Å². The molecule has 0 aliphatic carbocycles. The molecule has 1 rings (SSSR count). The van der Waals surface area contributed by atoms with Gasteiger partial charge in [-0.3, -0.25) is 0 Å². The number of unbranched alkanes of at least 4 members (excludes halogenated alkanes) is 3. The van der Waals surface area contributed by atoms with Crippen LogP contribution in [0.25, 0.3) is 0 Å². The van der Waals surface area contributed by atoms with Crippen LogP contribution in [-0.2, 0) is 4.74 Å². The van der Waals surface area contributed by atoms with E-state index in [0.717, 1.165) is 19.3 Å². The molecule has 4 heteroatoms. The molecule has 0 bridgehead atoms. The largest absolute Gasteiger partial charge is 0.491 e. The maximum Gasteiger partial charge on any atom is 0.338 e. The highest BCUT2D eigenvalue weighted by Crippen LogP contribution is 2.23. The SMILES string of the molecule is CCCCCCOc1ccc(C(=O)OCCC)cc1N. The Morgan fingerprint density at radius 2 is 1.90 bits per heavy atom. The van der Waals surface area contributed by atoms with E-state index in [9.17, 15) is 4.79 Å². The summed E-state index contributed by atoms with van der Waals surface area (Å²) in [5.74, 6) is 0.293. The van der Waals surface area contributed by atoms with Crippen LogP contribution in [0.1, 0.15) is 56.3 Å². The lowest BCUT2D eigenvalue weighted by Gasteiger charge is -2.10. The van der Waals surface area contributed by atoms with Crippen molar-refractivity contribution < 1.29 is 14.3 Å². The highest BCUT2D eigenvalue weighted by Gasteiger charge is 2.09. The van der Waals surface area contributed by atoms with Crippen LogP contribution in [0.2, 0.25) is 0 Å². The lowest BCUT2D eigenvalue weighted by molar-refractivity contribution is 0.0505. The third kappa shape index (κ3) is 5.51. The summed E-state index contributed by atoms with van der Waals surface area (Å²) in [5, 5.41) is 0. The average Bonchev–Trinajstić information content (AvgIpc) is 2.46. The van der Waals surface area contributed by atoms with Crippen molar-refractivity contribution in [3.8, 4) is 5.75 Å². The van der Waals surface area contributed by atoms with Crippen LogP contribution in [0.5, 0.6) is 5.75 Å². The molecule has 0 saturated heterocycles. The topological polar surface area (TPSA) is 61.5 Å². The Kier molecular flexibility index (Phi) is 7.55. The Morgan fingerprint density at radius 1 is 1.10 bits per heavy atom. The van der Waals surface area contributed by atoms with Crippen LogP contribution in [0.15, 0.2) is 18.2 Å². The van der Waals surface area contributed by atoms with Crippen LogP contribution in [0, 0.1) is 0 Å². The molecule has 0 aliphatic heterocycles. The molecule has 0 saturated carbocycles. The first kappa shape index (κ1) is 16.3. The normalized spacial score (nSPS) is 10.3. The van der Waals surface area contributed by atoms with Crippen LogP contribution in [0.4, 0.5) is 5.69 Å². The number of hydrogen-bond donors (Lipinski definition) is 1. The van der Waals surface area contributed by atoms with Gasteiger partial charge in [0.25, 0.3) is 0 Å². The van der Waals surface area contributed by atoms with Gasteiger partial charge in [0.2, 0.25) is 0 Å². The number of anilines is 1. The number of benzene rings is 1. The minimum atomic E-state index is -0.340. The molecule has 0 heterocycles. The predicted octanol–water partition coefficient (Wildman–Crippen LogP) is 3.79. The van der Waals surface area contributed by atoms with Gasteiger partial charge in [0.15, 0.2) is 0 Å². The minimum absolute atomic E-state index is 0.340. The highest BCUT2D eigenvalue weighted by molar-refractivity contribution is 5.91. The third-order valence-corrected chi connectivity index (χ3v) is 2.94. The second-order valence-electron chi connectivity index (χ2n) is 4.80. The zero-order valence-corrected chi connectivity index (χ0v) is 12.5. The number of esters is 1. The molecular weight excluding hydrogens is 254 g/mol. The van der Waals surface area contributed by atoms with Crippen molar-refractivity contribution in [1.29, 1.82) is 0 Å². The van der Waals surface area contributed by atoms with E-state index >= 15 is 0 Å². The molecule has 4 nitrogen and oxygen atoms in total. The summed E-state index contributed by atoms with van der Waals surface area (Å²) in [6.07, 6.45) is 5.42. The second-order valence-corrected chi connectivity index (χ2v) is 4.80. The van der Waals surface area contributed by atoms with Crippen LogP contribution in [-0.4, -0.2) is 19.2 Å². The number of rotatable bonds is 9. The molecule has 2 N–H and O–H groups in total. The Balaban J connectivity index is 2.48. The molecule has 0 atom stereocenters. The van der Waals surface area contributed by atoms with E-state index < -0.39 is 0 Å². The molecular formula is C16H25NO3. The maximum absolute atomic E-state index is 11.7. The third-order valence-electron chi connectivity index (χ3n) is 2.94. The summed E-state index contributed by atoms with van der Waals surface area (Å²) < 4.78 is 10.7. The number of nitrogens with two attached hydrogens (primary N) is 1. The fraction of sp³-hybridized carbons (Fsp3) is 0.562. The van der Waals surface area contributed by atoms with Crippen molar-refractivity contribution in [3.05, 3.63) is 23.8 Å². The number of hydrogen-bond acceptors (Lipinski definition) is 4. The average molecular weight is 279 g/mol. The molecule has 0 spiro atoms. The van der Waals surface area contributed by atoms with E-state index in [2.05, 4.69) is 6.92 Å². The van der Waals surface area contributed by atoms with Gasteiger partial charge in [-0.1, -0.05) is 33.1 Å². The van der Waals surface area contributed by atoms with Crippen molar-refractivity contribution in [2.24, 2.45) is 0 Å². The molecule has 0 amide bonds. The zero-order valence-electron chi connectivity index (χ0n) is 12.5. The van der Waals surface area contributed by atoms with Gasteiger partial charge in [0, 0.05) is 0 Å². The molecule has 0 aliphatic rings. The van der Waals surface area contributed by atoms with Crippen molar-refractivity contribution in [2.75, 3.05) is 18.9 Å². The van der Waals surface area contributed by atoms with E-state index in [4.69, 9.17) is 15.2 Å². The predicted molar refractivity (Wildman–Crippen MR) is 81.1 cm³/mol. The molecule has 20 heavy (non-hydrogen) atoms. The molecule has 0 aromatic heterocycles. The number of carbonyl (C=O) groups excluding carboxylic acids is 1. The van der Waals surface area contributed by atoms with Crippen molar-refractivity contribution in [3.63, 3.8) is 0 Å². The van der Waals surface area contributed by atoms with Crippen LogP contribution < -0.4 is 10.5 Å². The van der Waals surface area contributed by atoms with Crippen molar-refractivity contribution in [2.45, 2.75) is 46.0 Å². The highest BCUT2D eigenvalue weighted by atomic mass is 16.5. The van der Waals surface area contributed by atoms with E-state index in [0.29, 0.717) is 30.2 Å². The fourth-order valence-electron chi connectivity index (χ4n) is 1.80. The summed E-state index contributed by atoms with van der Waals surface area (Å²) in [4.78, 5) is 11.7. The smallest absolute Gasteiger partial charge is 0.338 e. The van der Waals surface area contributed by atoms with E-state index in [1.807, 2.05) is 6.92 Å². The minimum Gasteiger partial charge on any atom is -0.491 e. The first-order valence-corrected chi connectivity index (χ1v) is 7.38. The first-order valence-electron chi connectivity index (χ1n) is 7.38. The van der Waals surface area contributed by atoms with Gasteiger partial charge in [-0.25, -0.2) is 4.79 Å². The second kappa shape index (κ2) is 9.23. The molecule has 1 aromatic carbocycles. The van der Waals surface area contributed by atoms with Crippen LogP contribution in [0.3, 0.4) is 0 Å². The van der Waals surface area contributed by atoms with Gasteiger partial charge < -0.3 is 15.2 Å². The van der Waals surface area contributed by atoms with Gasteiger partial charge >= 0.3 is 5.97 Å². The maximum atomic E-state index is 11.7. The summed E-state index contributed by atoms with van der Waals surface area (Å²) in [7, 11) is 0.